The fraction of sp³-hybridized carbons (Fsp3) is 0.571. The number of hydrogen-bond donors (Lipinski definition) is 4. The van der Waals surface area contributed by atoms with E-state index in [9.17, 15) is 28.8 Å². The standard InChI is InChI=1S/C42H62N8O8/c1-7-47(8-2)23-21-35(45-41(55)57-5)39(53)49-25-19-31(27-49)37(51)43-33-15-11-29(12-16-33)30-13-17-34(18-14-30)44-38(52)32-20-26-50(28-32)40(54)36(46-42(56)58-6)22-24-48(9-3)10-4/h11-18,31-32,35-36H,7-10,19-28H2,1-6H3,(H,43,51)(H,44,52)(H,45,55)(H,46,56)/t31-,32+,35+,36-. The van der Waals surface area contributed by atoms with Crippen LogP contribution in [0, 0.1) is 11.8 Å². The molecule has 2 aromatic rings. The van der Waals surface area contributed by atoms with Crippen molar-refractivity contribution in [1.29, 1.82) is 0 Å². The predicted molar refractivity (Wildman–Crippen MR) is 222 cm³/mol. The summed E-state index contributed by atoms with van der Waals surface area (Å²) in [4.78, 5) is 84.9. The average Bonchev–Trinajstić information content (AvgIpc) is 3.95. The van der Waals surface area contributed by atoms with E-state index in [1.54, 1.807) is 9.80 Å². The zero-order chi connectivity index (χ0) is 42.2. The first kappa shape index (κ1) is 45.5. The van der Waals surface area contributed by atoms with Crippen LogP contribution in [0.1, 0.15) is 53.4 Å². The summed E-state index contributed by atoms with van der Waals surface area (Å²) >= 11 is 0. The minimum atomic E-state index is -0.742. The molecule has 4 rings (SSSR count). The van der Waals surface area contributed by atoms with E-state index in [0.29, 0.717) is 63.2 Å². The third-order valence-electron chi connectivity index (χ3n) is 11.2. The number of benzene rings is 2. The molecule has 0 aromatic heterocycles. The molecule has 2 saturated heterocycles. The second kappa shape index (κ2) is 22.6. The number of hydrogen-bond acceptors (Lipinski definition) is 10. The van der Waals surface area contributed by atoms with E-state index in [-0.39, 0.29) is 48.6 Å². The van der Waals surface area contributed by atoms with Crippen LogP contribution in [0.15, 0.2) is 48.5 Å². The highest BCUT2D eigenvalue weighted by atomic mass is 16.5. The first-order chi connectivity index (χ1) is 27.9. The van der Waals surface area contributed by atoms with E-state index in [2.05, 4.69) is 31.1 Å². The first-order valence-corrected chi connectivity index (χ1v) is 20.5. The number of nitrogens with zero attached hydrogens (tertiary/aromatic N) is 4. The van der Waals surface area contributed by atoms with Crippen LogP contribution >= 0.6 is 0 Å². The molecule has 318 valence electrons. The van der Waals surface area contributed by atoms with Gasteiger partial charge in [0.1, 0.15) is 12.1 Å². The van der Waals surface area contributed by atoms with Crippen LogP contribution in [0.3, 0.4) is 0 Å². The maximum atomic E-state index is 13.4. The molecule has 4 N–H and O–H groups in total. The fourth-order valence-corrected chi connectivity index (χ4v) is 7.39. The van der Waals surface area contributed by atoms with E-state index in [4.69, 9.17) is 9.47 Å². The summed E-state index contributed by atoms with van der Waals surface area (Å²) in [5, 5.41) is 11.3. The molecule has 6 amide bonds. The molecule has 2 aliphatic heterocycles. The van der Waals surface area contributed by atoms with Gasteiger partial charge in [0.2, 0.25) is 23.6 Å². The Bertz CT molecular complexity index is 1560. The number of carbonyl (C=O) groups is 6. The van der Waals surface area contributed by atoms with Crippen molar-refractivity contribution >= 4 is 47.2 Å². The summed E-state index contributed by atoms with van der Waals surface area (Å²) < 4.78 is 9.51. The Morgan fingerprint density at radius 2 is 0.948 bits per heavy atom. The van der Waals surface area contributed by atoms with Gasteiger partial charge in [-0.15, -0.1) is 0 Å². The zero-order valence-corrected chi connectivity index (χ0v) is 34.9. The molecule has 58 heavy (non-hydrogen) atoms. The number of anilines is 2. The second-order valence-corrected chi connectivity index (χ2v) is 14.7. The van der Waals surface area contributed by atoms with Crippen molar-refractivity contribution in [3.05, 3.63) is 48.5 Å². The topological polar surface area (TPSA) is 182 Å². The first-order valence-electron chi connectivity index (χ1n) is 20.5. The van der Waals surface area contributed by atoms with E-state index >= 15 is 0 Å². The number of nitrogens with one attached hydrogen (secondary N) is 4. The highest BCUT2D eigenvalue weighted by Gasteiger charge is 2.36. The summed E-state index contributed by atoms with van der Waals surface area (Å²) in [5.74, 6) is -1.56. The van der Waals surface area contributed by atoms with Crippen LogP contribution in [0.4, 0.5) is 21.0 Å². The van der Waals surface area contributed by atoms with Crippen LogP contribution in [0.2, 0.25) is 0 Å². The molecule has 0 saturated carbocycles. The third-order valence-corrected chi connectivity index (χ3v) is 11.2. The maximum absolute atomic E-state index is 13.4. The molecule has 0 aliphatic carbocycles. The summed E-state index contributed by atoms with van der Waals surface area (Å²) in [7, 11) is 2.53. The summed E-state index contributed by atoms with van der Waals surface area (Å²) in [6.45, 7) is 14.2. The Morgan fingerprint density at radius 3 is 1.26 bits per heavy atom. The van der Waals surface area contributed by atoms with Gasteiger partial charge in [-0.25, -0.2) is 9.59 Å². The van der Waals surface area contributed by atoms with Crippen LogP contribution in [0.25, 0.3) is 11.1 Å². The number of likely N-dealkylation sites (tertiary alicyclic amines) is 2. The van der Waals surface area contributed by atoms with Gasteiger partial charge in [-0.1, -0.05) is 52.0 Å². The quantitative estimate of drug-likeness (QED) is 0.163. The number of alkyl carbamates (subject to hydrolysis) is 2. The van der Waals surface area contributed by atoms with Gasteiger partial charge in [0, 0.05) is 50.6 Å². The Hall–Kier alpha value is -5.22. The third kappa shape index (κ3) is 12.9. The Balaban J connectivity index is 1.26. The van der Waals surface area contributed by atoms with Crippen LogP contribution in [-0.2, 0) is 28.7 Å². The lowest BCUT2D eigenvalue weighted by Gasteiger charge is -2.26. The number of carbonyl (C=O) groups excluding carboxylic acids is 6. The SMILES string of the molecule is CCN(CC)CC[C@H](NC(=O)OC)C(=O)N1CC[C@@H](C(=O)Nc2ccc(-c3ccc(NC(=O)[C@H]4CCN(C(=O)[C@@H](CCN(CC)CC)NC(=O)OC)C4)cc3)cc2)C1. The minimum Gasteiger partial charge on any atom is -0.453 e. The number of methoxy groups -OCH3 is 2. The summed E-state index contributed by atoms with van der Waals surface area (Å²) in [6.07, 6.45) is 0.583. The normalized spacial score (nSPS) is 17.4. The molecule has 0 unspecified atom stereocenters. The van der Waals surface area contributed by atoms with Gasteiger partial charge in [-0.05, 0) is 87.3 Å². The minimum absolute atomic E-state index is 0.175. The number of ether oxygens (including phenoxy) is 2. The predicted octanol–water partition coefficient (Wildman–Crippen LogP) is 3.84. The van der Waals surface area contributed by atoms with E-state index in [1.165, 1.54) is 14.2 Å². The van der Waals surface area contributed by atoms with Crippen molar-refractivity contribution in [1.82, 2.24) is 30.2 Å². The van der Waals surface area contributed by atoms with E-state index < -0.39 is 24.3 Å². The highest BCUT2D eigenvalue weighted by Crippen LogP contribution is 2.26. The largest absolute Gasteiger partial charge is 0.453 e. The summed E-state index contributed by atoms with van der Waals surface area (Å²) in [5.41, 5.74) is 3.10. The van der Waals surface area contributed by atoms with Gasteiger partial charge < -0.3 is 50.3 Å². The van der Waals surface area contributed by atoms with Crippen molar-refractivity contribution in [2.45, 2.75) is 65.5 Å². The molecular formula is C42H62N8O8. The van der Waals surface area contributed by atoms with E-state index in [0.717, 1.165) is 37.3 Å². The number of rotatable bonds is 19. The molecule has 16 heteroatoms. The Kier molecular flexibility index (Phi) is 17.8. The van der Waals surface area contributed by atoms with Gasteiger partial charge in [0.15, 0.2) is 0 Å². The lowest BCUT2D eigenvalue weighted by molar-refractivity contribution is -0.133. The van der Waals surface area contributed by atoms with Crippen molar-refractivity contribution in [3.63, 3.8) is 0 Å². The maximum Gasteiger partial charge on any atom is 0.407 e. The van der Waals surface area contributed by atoms with Gasteiger partial charge in [0.25, 0.3) is 0 Å². The van der Waals surface area contributed by atoms with Crippen LogP contribution in [0.5, 0.6) is 0 Å². The lowest BCUT2D eigenvalue weighted by Crippen LogP contribution is -2.49. The molecule has 2 aliphatic rings. The molecular weight excluding hydrogens is 745 g/mol. The molecule has 0 radical (unpaired) electrons. The molecule has 16 nitrogen and oxygen atoms in total. The van der Waals surface area contributed by atoms with Crippen LogP contribution in [-0.4, -0.2) is 147 Å². The summed E-state index contributed by atoms with van der Waals surface area (Å²) in [6, 6.07) is 13.4. The number of amides is 6. The molecule has 2 heterocycles. The average molecular weight is 807 g/mol. The smallest absolute Gasteiger partial charge is 0.407 e. The van der Waals surface area contributed by atoms with Crippen molar-refractivity contribution in [3.8, 4) is 11.1 Å². The highest BCUT2D eigenvalue weighted by molar-refractivity contribution is 5.95. The molecule has 0 bridgehead atoms. The van der Waals surface area contributed by atoms with Crippen LogP contribution < -0.4 is 21.3 Å². The lowest BCUT2D eigenvalue weighted by atomic mass is 10.0. The Morgan fingerprint density at radius 1 is 0.603 bits per heavy atom. The van der Waals surface area contributed by atoms with E-state index in [1.807, 2.05) is 76.2 Å². The molecule has 4 atom stereocenters. The second-order valence-electron chi connectivity index (χ2n) is 14.7. The van der Waals surface area contributed by atoms with Gasteiger partial charge in [-0.2, -0.15) is 0 Å². The van der Waals surface area contributed by atoms with Gasteiger partial charge >= 0.3 is 12.2 Å². The van der Waals surface area contributed by atoms with Crippen molar-refractivity contribution < 1.29 is 38.2 Å². The zero-order valence-electron chi connectivity index (χ0n) is 34.9. The molecule has 2 aromatic carbocycles. The molecule has 2 fully saturated rings. The monoisotopic (exact) mass is 806 g/mol. The molecule has 0 spiro atoms. The van der Waals surface area contributed by atoms with Crippen molar-refractivity contribution in [2.24, 2.45) is 11.8 Å². The van der Waals surface area contributed by atoms with Crippen molar-refractivity contribution in [2.75, 3.05) is 90.3 Å². The fourth-order valence-electron chi connectivity index (χ4n) is 7.39. The van der Waals surface area contributed by atoms with Gasteiger partial charge in [0.05, 0.1) is 26.1 Å². The van der Waals surface area contributed by atoms with Gasteiger partial charge in [-0.3, -0.25) is 19.2 Å². The Labute approximate surface area is 342 Å².